The molecule has 0 unspecified atom stereocenters. The van der Waals surface area contributed by atoms with E-state index in [1.807, 2.05) is 0 Å². The van der Waals surface area contributed by atoms with Gasteiger partial charge in [0, 0.05) is 12.9 Å². The van der Waals surface area contributed by atoms with Crippen molar-refractivity contribution in [3.05, 3.63) is 0 Å². The molecule has 0 aliphatic heterocycles. The number of hydroxylamine groups is 1. The zero-order valence-corrected chi connectivity index (χ0v) is 3.81. The van der Waals surface area contributed by atoms with Crippen molar-refractivity contribution in [1.82, 2.24) is 0 Å². The summed E-state index contributed by atoms with van der Waals surface area (Å²) in [6.07, 6.45) is 0. The van der Waals surface area contributed by atoms with Gasteiger partial charge in [0.15, 0.2) is 0 Å². The number of primary amides is 2. The van der Waals surface area contributed by atoms with Crippen LogP contribution < -0.4 is 11.2 Å². The lowest BCUT2D eigenvalue weighted by Gasteiger charge is -1.80. The summed E-state index contributed by atoms with van der Waals surface area (Å²) in [6, 6.07) is -0.634. The molecular formula is CH5N2O2S+. The van der Waals surface area contributed by atoms with Gasteiger partial charge in [-0.05, 0) is 0 Å². The molecule has 2 amide bonds. The van der Waals surface area contributed by atoms with Crippen LogP contribution >= 0.6 is 12.9 Å². The molecule has 0 heterocycles. The van der Waals surface area contributed by atoms with E-state index in [2.05, 4.69) is 22.9 Å². The van der Waals surface area contributed by atoms with Gasteiger partial charge in [0.2, 0.25) is 0 Å². The van der Waals surface area contributed by atoms with E-state index >= 15 is 0 Å². The van der Waals surface area contributed by atoms with E-state index in [4.69, 9.17) is 0 Å². The molecule has 0 spiro atoms. The molecule has 0 aromatic carbocycles. The molecule has 0 saturated heterocycles. The fourth-order valence-electron chi connectivity index (χ4n) is 0.0519. The molecule has 4 N–H and O–H groups in total. The van der Waals surface area contributed by atoms with Crippen molar-refractivity contribution >= 4 is 18.9 Å². The molecular weight excluding hydrogens is 104 g/mol. The molecule has 0 atom stereocenters. The van der Waals surface area contributed by atoms with Crippen LogP contribution in [0.2, 0.25) is 0 Å². The molecule has 0 saturated carbocycles. The van der Waals surface area contributed by atoms with E-state index < -0.39 is 6.03 Å². The highest BCUT2D eigenvalue weighted by Gasteiger charge is 1.89. The number of thiol groups is 1. The molecule has 0 fully saturated rings. The third-order valence-corrected chi connectivity index (χ3v) is 0.274. The van der Waals surface area contributed by atoms with E-state index in [9.17, 15) is 4.79 Å². The first-order valence-electron chi connectivity index (χ1n) is 1.20. The summed E-state index contributed by atoms with van der Waals surface area (Å²) < 4.78 is 3.90. The molecule has 6 heavy (non-hydrogen) atoms. The lowest BCUT2D eigenvalue weighted by atomic mass is 11.2. The minimum atomic E-state index is -0.634. The number of urea groups is 1. The summed E-state index contributed by atoms with van der Waals surface area (Å²) in [5.41, 5.74) is 5.33. The average Bonchev–Trinajstić information content (AvgIpc) is 1.35. The summed E-state index contributed by atoms with van der Waals surface area (Å²) in [5, 5.41) is 0. The van der Waals surface area contributed by atoms with Gasteiger partial charge in [-0.2, -0.15) is 0 Å². The van der Waals surface area contributed by atoms with Crippen LogP contribution in [0.15, 0.2) is 0 Å². The highest BCUT2D eigenvalue weighted by molar-refractivity contribution is 7.74. The molecule has 36 valence electrons. The smallest absolute Gasteiger partial charge is 0.316 e. The Labute approximate surface area is 40.2 Å². The van der Waals surface area contributed by atoms with Gasteiger partial charge >= 0.3 is 6.03 Å². The fraction of sp³-hybridized carbons (Fsp3) is 0. The third-order valence-electron chi connectivity index (χ3n) is 0.169. The monoisotopic (exact) mass is 109 g/mol. The molecule has 5 heteroatoms. The summed E-state index contributed by atoms with van der Waals surface area (Å²) in [5.74, 6) is 0. The Balaban J connectivity index is 2.83. The number of rotatable bonds is 1. The molecule has 0 radical (unpaired) electrons. The first-order chi connectivity index (χ1) is 2.77. The molecule has 0 aromatic heterocycles. The van der Waals surface area contributed by atoms with Gasteiger partial charge in [0.1, 0.15) is 0 Å². The summed E-state index contributed by atoms with van der Waals surface area (Å²) in [4.78, 5) is 9.59. The Morgan fingerprint density at radius 2 is 2.50 bits per heavy atom. The summed E-state index contributed by atoms with van der Waals surface area (Å²) >= 11 is 3.20. The quantitative estimate of drug-likeness (QED) is 0.216. The van der Waals surface area contributed by atoms with Crippen LogP contribution in [0.25, 0.3) is 0 Å². The van der Waals surface area contributed by atoms with E-state index in [0.717, 1.165) is 5.48 Å². The van der Waals surface area contributed by atoms with E-state index in [-0.39, 0.29) is 0 Å². The number of carbonyl (C=O) groups is 1. The molecule has 0 aliphatic carbocycles. The molecule has 4 nitrogen and oxygen atoms in total. The minimum absolute atomic E-state index is 0.634. The number of quaternary nitrogens is 1. The maximum absolute atomic E-state index is 9.59. The second-order valence-corrected chi connectivity index (χ2v) is 0.836. The predicted octanol–water partition coefficient (Wildman–Crippen LogP) is -1.60. The highest BCUT2D eigenvalue weighted by atomic mass is 32.1. The van der Waals surface area contributed by atoms with Crippen molar-refractivity contribution in [2.75, 3.05) is 0 Å². The van der Waals surface area contributed by atoms with Gasteiger partial charge in [0.05, 0.1) is 0 Å². The molecule has 0 aromatic rings. The van der Waals surface area contributed by atoms with E-state index in [0.29, 0.717) is 0 Å². The SMILES string of the molecule is NC(=O)[NH2+]OS. The van der Waals surface area contributed by atoms with Crippen LogP contribution in [0, 0.1) is 0 Å². The zero-order chi connectivity index (χ0) is 4.99. The average molecular weight is 109 g/mol. The fourth-order valence-corrected chi connectivity index (χ4v) is 0.156. The lowest BCUT2D eigenvalue weighted by molar-refractivity contribution is -0.774. The van der Waals surface area contributed by atoms with Crippen molar-refractivity contribution in [2.45, 2.75) is 0 Å². The summed E-state index contributed by atoms with van der Waals surface area (Å²) in [6.45, 7) is 0. The zero-order valence-electron chi connectivity index (χ0n) is 2.92. The Kier molecular flexibility index (Phi) is 2.82. The van der Waals surface area contributed by atoms with Crippen LogP contribution in [0.5, 0.6) is 0 Å². The minimum Gasteiger partial charge on any atom is -0.316 e. The summed E-state index contributed by atoms with van der Waals surface area (Å²) in [7, 11) is 0. The normalized spacial score (nSPS) is 8.17. The Morgan fingerprint density at radius 3 is 2.50 bits per heavy atom. The van der Waals surface area contributed by atoms with Crippen molar-refractivity contribution < 1.29 is 14.6 Å². The molecule has 0 rings (SSSR count). The van der Waals surface area contributed by atoms with Crippen LogP contribution in [-0.4, -0.2) is 6.03 Å². The number of amides is 2. The Morgan fingerprint density at radius 1 is 2.00 bits per heavy atom. The standard InChI is InChI=1S/CH4N2O2S/c2-1(4)3-5-6/h6H,(H3,2,3,4)/p+1. The van der Waals surface area contributed by atoms with E-state index in [1.54, 1.807) is 0 Å². The van der Waals surface area contributed by atoms with Gasteiger partial charge in [0.25, 0.3) is 0 Å². The number of hydrogen-bond acceptors (Lipinski definition) is 3. The predicted molar refractivity (Wildman–Crippen MR) is 21.6 cm³/mol. The van der Waals surface area contributed by atoms with Crippen LogP contribution in [0.4, 0.5) is 4.79 Å². The largest absolute Gasteiger partial charge is 0.444 e. The van der Waals surface area contributed by atoms with Crippen LogP contribution in [-0.2, 0) is 4.28 Å². The second-order valence-electron chi connectivity index (χ2n) is 0.626. The van der Waals surface area contributed by atoms with Gasteiger partial charge in [-0.1, -0.05) is 0 Å². The van der Waals surface area contributed by atoms with Crippen LogP contribution in [0.1, 0.15) is 0 Å². The van der Waals surface area contributed by atoms with Gasteiger partial charge in [-0.3, -0.25) is 0 Å². The highest BCUT2D eigenvalue weighted by Crippen LogP contribution is 1.51. The van der Waals surface area contributed by atoms with Gasteiger partial charge in [-0.15, -0.1) is 9.76 Å². The second kappa shape index (κ2) is 2.95. The van der Waals surface area contributed by atoms with Crippen molar-refractivity contribution in [3.63, 3.8) is 0 Å². The first-order valence-corrected chi connectivity index (χ1v) is 1.56. The maximum atomic E-state index is 9.59. The molecule has 0 bridgehead atoms. The van der Waals surface area contributed by atoms with Crippen molar-refractivity contribution in [3.8, 4) is 0 Å². The van der Waals surface area contributed by atoms with Gasteiger partial charge in [-0.25, -0.2) is 4.79 Å². The number of carbonyl (C=O) groups excluding carboxylic acids is 1. The first kappa shape index (κ1) is 5.74. The van der Waals surface area contributed by atoms with Crippen LogP contribution in [0.3, 0.4) is 0 Å². The molecule has 0 aliphatic rings. The third kappa shape index (κ3) is 3.74. The van der Waals surface area contributed by atoms with Crippen molar-refractivity contribution in [2.24, 2.45) is 5.73 Å². The van der Waals surface area contributed by atoms with Gasteiger partial charge < -0.3 is 5.73 Å². The maximum Gasteiger partial charge on any atom is 0.444 e. The number of nitrogens with two attached hydrogens (primary N) is 2. The Hall–Kier alpha value is -0.260. The topological polar surface area (TPSA) is 68.9 Å². The Bertz CT molecular complexity index is 55.5. The van der Waals surface area contributed by atoms with E-state index in [1.165, 1.54) is 0 Å². The lowest BCUT2D eigenvalue weighted by Crippen LogP contribution is -2.87. The van der Waals surface area contributed by atoms with Crippen molar-refractivity contribution in [1.29, 1.82) is 0 Å². The number of hydrogen-bond donors (Lipinski definition) is 3.